The molecule has 1 saturated heterocycles. The molecule has 0 spiro atoms. The molecular formula is C25H26F3N5O2. The van der Waals surface area contributed by atoms with E-state index in [1.807, 2.05) is 30.3 Å². The molecule has 5 rings (SSSR count). The summed E-state index contributed by atoms with van der Waals surface area (Å²) in [5.74, 6) is 0.333. The summed E-state index contributed by atoms with van der Waals surface area (Å²) in [6.45, 7) is 2.23. The molecule has 1 aromatic heterocycles. The molecule has 2 atom stereocenters. The third-order valence-electron chi connectivity index (χ3n) is 6.65. The van der Waals surface area contributed by atoms with Crippen molar-refractivity contribution in [3.05, 3.63) is 71.9 Å². The van der Waals surface area contributed by atoms with Crippen molar-refractivity contribution in [3.63, 3.8) is 0 Å². The zero-order chi connectivity index (χ0) is 24.6. The van der Waals surface area contributed by atoms with Gasteiger partial charge in [-0.25, -0.2) is 4.68 Å². The van der Waals surface area contributed by atoms with Gasteiger partial charge in [-0.15, -0.1) is 0 Å². The highest BCUT2D eigenvalue weighted by Gasteiger charge is 2.47. The predicted octanol–water partition coefficient (Wildman–Crippen LogP) is 4.51. The Morgan fingerprint density at radius 1 is 1.06 bits per heavy atom. The van der Waals surface area contributed by atoms with Crippen molar-refractivity contribution in [3.8, 4) is 5.75 Å². The number of para-hydroxylation sites is 1. The fourth-order valence-electron chi connectivity index (χ4n) is 4.77. The fraction of sp³-hybridized carbons (Fsp3) is 0.360. The van der Waals surface area contributed by atoms with Gasteiger partial charge in [0, 0.05) is 38.3 Å². The number of ether oxygens (including phenoxy) is 1. The summed E-state index contributed by atoms with van der Waals surface area (Å²) in [5.41, 5.74) is 1.89. The number of hydrogen-bond donors (Lipinski definition) is 1. The summed E-state index contributed by atoms with van der Waals surface area (Å²) >= 11 is 0. The molecule has 7 nitrogen and oxygen atoms in total. The number of carbonyl (C=O) groups excluding carboxylic acids is 1. The normalized spacial score (nSPS) is 20.2. The molecule has 184 valence electrons. The van der Waals surface area contributed by atoms with Crippen molar-refractivity contribution in [1.29, 1.82) is 0 Å². The number of alkyl halides is 3. The number of hydrogen-bond acceptors (Lipinski definition) is 5. The molecule has 0 saturated carbocycles. The first kappa shape index (κ1) is 23.1. The molecule has 2 aromatic carbocycles. The van der Waals surface area contributed by atoms with Crippen molar-refractivity contribution < 1.29 is 22.7 Å². The minimum atomic E-state index is -4.51. The summed E-state index contributed by atoms with van der Waals surface area (Å²) in [4.78, 5) is 17.3. The van der Waals surface area contributed by atoms with Crippen LogP contribution < -0.4 is 15.0 Å². The molecule has 10 heteroatoms. The van der Waals surface area contributed by atoms with Crippen molar-refractivity contribution in [2.75, 3.05) is 43.5 Å². The maximum absolute atomic E-state index is 14.0. The molecule has 0 bridgehead atoms. The number of nitrogens with zero attached hydrogens (tertiary/aromatic N) is 4. The van der Waals surface area contributed by atoms with Crippen LogP contribution in [0.15, 0.2) is 60.8 Å². The lowest BCUT2D eigenvalue weighted by molar-refractivity contribution is -0.173. The van der Waals surface area contributed by atoms with Gasteiger partial charge in [0.2, 0.25) is 0 Å². The third kappa shape index (κ3) is 4.52. The molecule has 0 radical (unpaired) electrons. The van der Waals surface area contributed by atoms with Gasteiger partial charge in [-0.2, -0.15) is 18.3 Å². The molecule has 0 aliphatic carbocycles. The highest BCUT2D eigenvalue weighted by atomic mass is 19.4. The molecule has 2 aliphatic heterocycles. The van der Waals surface area contributed by atoms with E-state index in [0.717, 1.165) is 10.4 Å². The van der Waals surface area contributed by atoms with E-state index in [4.69, 9.17) is 4.74 Å². The summed E-state index contributed by atoms with van der Waals surface area (Å²) in [6, 6.07) is 14.4. The van der Waals surface area contributed by atoms with Crippen molar-refractivity contribution in [1.82, 2.24) is 14.7 Å². The van der Waals surface area contributed by atoms with Crippen LogP contribution in [0.4, 0.5) is 24.7 Å². The summed E-state index contributed by atoms with van der Waals surface area (Å²) in [6.07, 6.45) is -3.50. The molecule has 1 amide bonds. The van der Waals surface area contributed by atoms with Gasteiger partial charge in [-0.3, -0.25) is 4.79 Å². The van der Waals surface area contributed by atoms with E-state index in [0.29, 0.717) is 37.5 Å². The number of nitrogens with one attached hydrogen (secondary N) is 1. The van der Waals surface area contributed by atoms with E-state index in [9.17, 15) is 18.0 Å². The van der Waals surface area contributed by atoms with Gasteiger partial charge in [-0.05, 0) is 29.8 Å². The highest BCUT2D eigenvalue weighted by Crippen LogP contribution is 2.44. The monoisotopic (exact) mass is 485 g/mol. The van der Waals surface area contributed by atoms with Crippen LogP contribution >= 0.6 is 0 Å². The smallest absolute Gasteiger partial charge is 0.410 e. The predicted molar refractivity (Wildman–Crippen MR) is 126 cm³/mol. The van der Waals surface area contributed by atoms with Gasteiger partial charge in [-0.1, -0.05) is 30.3 Å². The molecular weight excluding hydrogens is 459 g/mol. The zero-order valence-electron chi connectivity index (χ0n) is 19.2. The number of anilines is 2. The number of benzene rings is 2. The average Bonchev–Trinajstić information content (AvgIpc) is 3.31. The van der Waals surface area contributed by atoms with Crippen LogP contribution in [0.2, 0.25) is 0 Å². The van der Waals surface area contributed by atoms with E-state index in [1.165, 1.54) is 13.3 Å². The molecule has 1 N–H and O–H groups in total. The first-order valence-corrected chi connectivity index (χ1v) is 11.5. The number of piperazine rings is 1. The number of carbonyl (C=O) groups is 1. The Morgan fingerprint density at radius 3 is 2.49 bits per heavy atom. The SMILES string of the molecule is COc1cccc([C@H]2C[C@@H](C(F)(F)F)n3ncc(C(=O)N4CCN(c5ccccc5)CC4)c3N2)c1. The second-order valence-electron chi connectivity index (χ2n) is 8.73. The number of fused-ring (bicyclic) bond motifs is 1. The minimum Gasteiger partial charge on any atom is -0.497 e. The topological polar surface area (TPSA) is 62.6 Å². The van der Waals surface area contributed by atoms with E-state index in [1.54, 1.807) is 29.2 Å². The molecule has 1 fully saturated rings. The molecule has 2 aliphatic rings. The van der Waals surface area contributed by atoms with E-state index in [2.05, 4.69) is 15.3 Å². The summed E-state index contributed by atoms with van der Waals surface area (Å²) < 4.78 is 48.2. The Kier molecular flexibility index (Phi) is 6.04. The first-order chi connectivity index (χ1) is 16.8. The van der Waals surface area contributed by atoms with Crippen LogP contribution in [0.25, 0.3) is 0 Å². The van der Waals surface area contributed by atoms with Crippen LogP contribution in [0.3, 0.4) is 0 Å². The largest absolute Gasteiger partial charge is 0.497 e. The van der Waals surface area contributed by atoms with E-state index < -0.39 is 18.3 Å². The van der Waals surface area contributed by atoms with Gasteiger partial charge in [0.25, 0.3) is 5.91 Å². The number of aromatic nitrogens is 2. The lowest BCUT2D eigenvalue weighted by Crippen LogP contribution is -2.49. The van der Waals surface area contributed by atoms with Gasteiger partial charge in [0.1, 0.15) is 17.1 Å². The molecule has 35 heavy (non-hydrogen) atoms. The second kappa shape index (κ2) is 9.16. The Hall–Kier alpha value is -3.69. The van der Waals surface area contributed by atoms with E-state index >= 15 is 0 Å². The van der Waals surface area contributed by atoms with Crippen LogP contribution in [0.5, 0.6) is 5.75 Å². The lowest BCUT2D eigenvalue weighted by Gasteiger charge is -2.37. The molecule has 3 aromatic rings. The van der Waals surface area contributed by atoms with Crippen molar-refractivity contribution in [2.45, 2.75) is 24.7 Å². The maximum atomic E-state index is 14.0. The van der Waals surface area contributed by atoms with Crippen LogP contribution in [-0.4, -0.2) is 60.1 Å². The van der Waals surface area contributed by atoms with Crippen LogP contribution in [0, 0.1) is 0 Å². The number of amides is 1. The Balaban J connectivity index is 1.39. The van der Waals surface area contributed by atoms with Crippen LogP contribution in [-0.2, 0) is 0 Å². The number of methoxy groups -OCH3 is 1. The van der Waals surface area contributed by atoms with Gasteiger partial charge >= 0.3 is 6.18 Å². The Bertz CT molecular complexity index is 1190. The second-order valence-corrected chi connectivity index (χ2v) is 8.73. The number of rotatable bonds is 4. The summed E-state index contributed by atoms with van der Waals surface area (Å²) in [5, 5.41) is 7.15. The van der Waals surface area contributed by atoms with Gasteiger partial charge in [0.05, 0.1) is 19.3 Å². The standard InChI is InChI=1S/C25H26F3N5O2/c1-35-19-9-5-6-17(14-19)21-15-22(25(26,27)28)33-23(30-21)20(16-29-33)24(34)32-12-10-31(11-13-32)18-7-3-2-4-8-18/h2-9,14,16,21-22,30H,10-13,15H2,1H3/t21-,22+/m1/s1. The summed E-state index contributed by atoms with van der Waals surface area (Å²) in [7, 11) is 1.51. The Labute approximate surface area is 201 Å². The Morgan fingerprint density at radius 2 is 1.80 bits per heavy atom. The fourth-order valence-corrected chi connectivity index (χ4v) is 4.77. The van der Waals surface area contributed by atoms with Gasteiger partial charge in [0.15, 0.2) is 6.04 Å². The zero-order valence-corrected chi connectivity index (χ0v) is 19.2. The van der Waals surface area contributed by atoms with Crippen molar-refractivity contribution >= 4 is 17.4 Å². The average molecular weight is 486 g/mol. The first-order valence-electron chi connectivity index (χ1n) is 11.5. The van der Waals surface area contributed by atoms with Crippen LogP contribution in [0.1, 0.15) is 34.4 Å². The quantitative estimate of drug-likeness (QED) is 0.589. The molecule has 0 unspecified atom stereocenters. The number of halogens is 3. The molecule has 3 heterocycles. The lowest BCUT2D eigenvalue weighted by atomic mass is 9.96. The highest BCUT2D eigenvalue weighted by molar-refractivity contribution is 5.99. The minimum absolute atomic E-state index is 0.0990. The van der Waals surface area contributed by atoms with Gasteiger partial charge < -0.3 is 19.9 Å². The van der Waals surface area contributed by atoms with E-state index in [-0.39, 0.29) is 23.7 Å². The van der Waals surface area contributed by atoms with Crippen molar-refractivity contribution in [2.24, 2.45) is 0 Å². The maximum Gasteiger partial charge on any atom is 0.410 e. The third-order valence-corrected chi connectivity index (χ3v) is 6.65.